The molecule has 0 aromatic heterocycles. The lowest BCUT2D eigenvalue weighted by molar-refractivity contribution is -0.117. The monoisotopic (exact) mass is 286 g/mol. The van der Waals surface area contributed by atoms with Crippen molar-refractivity contribution in [3.63, 3.8) is 0 Å². The molecule has 114 valence electrons. The second-order valence-electron chi connectivity index (χ2n) is 6.61. The van der Waals surface area contributed by atoms with Crippen molar-refractivity contribution in [1.82, 2.24) is 0 Å². The molecule has 0 aliphatic rings. The summed E-state index contributed by atoms with van der Waals surface area (Å²) in [6.45, 7) is 10.9. The summed E-state index contributed by atoms with van der Waals surface area (Å²) >= 11 is 0. The lowest BCUT2D eigenvalue weighted by Crippen LogP contribution is -2.23. The van der Waals surface area contributed by atoms with E-state index in [2.05, 4.69) is 44.9 Å². The van der Waals surface area contributed by atoms with Crippen molar-refractivity contribution in [3.8, 4) is 11.8 Å². The van der Waals surface area contributed by atoms with Crippen LogP contribution in [0.25, 0.3) is 0 Å². The number of carbonyl (C=O) groups excluding carboxylic acids is 1. The fraction of sp³-hybridized carbons (Fsp3) is 0.500. The van der Waals surface area contributed by atoms with Crippen molar-refractivity contribution < 1.29 is 4.79 Å². The van der Waals surface area contributed by atoms with E-state index in [0.717, 1.165) is 16.8 Å². The molecular formula is C18H26N2O. The zero-order chi connectivity index (χ0) is 16.0. The molecule has 1 aromatic carbocycles. The predicted octanol–water partition coefficient (Wildman–Crippen LogP) is 3.32. The van der Waals surface area contributed by atoms with Crippen molar-refractivity contribution in [1.29, 1.82) is 0 Å². The first-order chi connectivity index (χ1) is 9.72. The summed E-state index contributed by atoms with van der Waals surface area (Å²) in [4.78, 5) is 12.1. The Bertz CT molecular complexity index is 559. The van der Waals surface area contributed by atoms with Gasteiger partial charge in [-0.05, 0) is 42.0 Å². The highest BCUT2D eigenvalue weighted by molar-refractivity contribution is 5.91. The van der Waals surface area contributed by atoms with Crippen LogP contribution in [0.5, 0.6) is 0 Å². The number of hydrogen-bond donors (Lipinski definition) is 2. The van der Waals surface area contributed by atoms with Gasteiger partial charge in [-0.3, -0.25) is 4.79 Å². The Labute approximate surface area is 128 Å². The Balaban J connectivity index is 2.79. The summed E-state index contributed by atoms with van der Waals surface area (Å²) in [5.74, 6) is 6.19. The van der Waals surface area contributed by atoms with Crippen LogP contribution >= 0.6 is 0 Å². The van der Waals surface area contributed by atoms with Crippen LogP contribution in [0.2, 0.25) is 0 Å². The third-order valence-electron chi connectivity index (χ3n) is 3.67. The zero-order valence-electron chi connectivity index (χ0n) is 13.7. The Morgan fingerprint density at radius 1 is 1.33 bits per heavy atom. The molecule has 0 saturated heterocycles. The smallest absolute Gasteiger partial charge is 0.224 e. The maximum absolute atomic E-state index is 12.1. The lowest BCUT2D eigenvalue weighted by atomic mass is 9.80. The van der Waals surface area contributed by atoms with E-state index in [0.29, 0.717) is 18.9 Å². The van der Waals surface area contributed by atoms with Gasteiger partial charge in [0.2, 0.25) is 5.91 Å². The molecule has 1 atom stereocenters. The molecule has 1 unspecified atom stereocenters. The van der Waals surface area contributed by atoms with Gasteiger partial charge in [-0.15, -0.1) is 0 Å². The molecule has 3 nitrogen and oxygen atoms in total. The molecular weight excluding hydrogens is 260 g/mol. The van der Waals surface area contributed by atoms with Gasteiger partial charge in [0.15, 0.2) is 0 Å². The first-order valence-corrected chi connectivity index (χ1v) is 7.33. The maximum Gasteiger partial charge on any atom is 0.224 e. The minimum absolute atomic E-state index is 0.0424. The van der Waals surface area contributed by atoms with E-state index in [1.165, 1.54) is 0 Å². The number of aryl methyl sites for hydroxylation is 1. The van der Waals surface area contributed by atoms with Crippen LogP contribution in [0.15, 0.2) is 18.2 Å². The second-order valence-corrected chi connectivity index (χ2v) is 6.61. The minimum Gasteiger partial charge on any atom is -0.326 e. The number of nitrogens with two attached hydrogens (primary N) is 1. The van der Waals surface area contributed by atoms with Crippen LogP contribution in [0.3, 0.4) is 0 Å². The molecule has 0 spiro atoms. The van der Waals surface area contributed by atoms with E-state index in [1.54, 1.807) is 0 Å². The highest BCUT2D eigenvalue weighted by atomic mass is 16.1. The second kappa shape index (κ2) is 7.28. The number of anilines is 1. The number of amides is 1. The van der Waals surface area contributed by atoms with Crippen LogP contribution in [-0.2, 0) is 4.79 Å². The fourth-order valence-corrected chi connectivity index (χ4v) is 1.88. The zero-order valence-corrected chi connectivity index (χ0v) is 13.7. The summed E-state index contributed by atoms with van der Waals surface area (Å²) in [7, 11) is 0. The van der Waals surface area contributed by atoms with Crippen LogP contribution in [0, 0.1) is 30.1 Å². The molecule has 0 bridgehead atoms. The predicted molar refractivity (Wildman–Crippen MR) is 89.0 cm³/mol. The molecule has 1 aromatic rings. The number of hydrogen-bond acceptors (Lipinski definition) is 2. The molecule has 0 saturated carbocycles. The van der Waals surface area contributed by atoms with Gasteiger partial charge in [0.1, 0.15) is 0 Å². The summed E-state index contributed by atoms with van der Waals surface area (Å²) in [6.07, 6.45) is 0.515. The largest absolute Gasteiger partial charge is 0.326 e. The molecule has 0 aliphatic carbocycles. The van der Waals surface area contributed by atoms with Crippen molar-refractivity contribution >= 4 is 11.6 Å². The van der Waals surface area contributed by atoms with Crippen LogP contribution < -0.4 is 11.1 Å². The van der Waals surface area contributed by atoms with Gasteiger partial charge < -0.3 is 11.1 Å². The lowest BCUT2D eigenvalue weighted by Gasteiger charge is -2.26. The molecule has 1 rings (SSSR count). The van der Waals surface area contributed by atoms with Crippen molar-refractivity contribution in [2.24, 2.45) is 17.1 Å². The van der Waals surface area contributed by atoms with Crippen molar-refractivity contribution in [2.45, 2.75) is 41.0 Å². The number of rotatable bonds is 3. The third-order valence-corrected chi connectivity index (χ3v) is 3.67. The first kappa shape index (κ1) is 17.3. The van der Waals surface area contributed by atoms with Crippen LogP contribution in [0.4, 0.5) is 5.69 Å². The third kappa shape index (κ3) is 6.01. The molecule has 0 aliphatic heterocycles. The molecule has 0 heterocycles. The molecule has 3 heteroatoms. The van der Waals surface area contributed by atoms with E-state index < -0.39 is 0 Å². The quantitative estimate of drug-likeness (QED) is 0.838. The Hall–Kier alpha value is -1.79. The van der Waals surface area contributed by atoms with E-state index in [1.807, 2.05) is 25.1 Å². The molecule has 0 fully saturated rings. The SMILES string of the molecule is Cc1cc(C#CCN)cc(NC(=O)CC(C)C(C)(C)C)c1. The number of benzene rings is 1. The van der Waals surface area contributed by atoms with E-state index in [9.17, 15) is 4.79 Å². The maximum atomic E-state index is 12.1. The van der Waals surface area contributed by atoms with E-state index in [-0.39, 0.29) is 11.3 Å². The van der Waals surface area contributed by atoms with Gasteiger partial charge >= 0.3 is 0 Å². The van der Waals surface area contributed by atoms with Crippen LogP contribution in [-0.4, -0.2) is 12.5 Å². The summed E-state index contributed by atoms with van der Waals surface area (Å²) in [5.41, 5.74) is 8.25. The highest BCUT2D eigenvalue weighted by Crippen LogP contribution is 2.28. The van der Waals surface area contributed by atoms with Crippen molar-refractivity contribution in [2.75, 3.05) is 11.9 Å². The van der Waals surface area contributed by atoms with Gasteiger partial charge in [0.05, 0.1) is 6.54 Å². The van der Waals surface area contributed by atoms with Crippen molar-refractivity contribution in [3.05, 3.63) is 29.3 Å². The van der Waals surface area contributed by atoms with E-state index >= 15 is 0 Å². The highest BCUT2D eigenvalue weighted by Gasteiger charge is 2.22. The van der Waals surface area contributed by atoms with Gasteiger partial charge in [-0.25, -0.2) is 0 Å². The summed E-state index contributed by atoms with van der Waals surface area (Å²) in [6, 6.07) is 5.82. The average molecular weight is 286 g/mol. The fourth-order valence-electron chi connectivity index (χ4n) is 1.88. The average Bonchev–Trinajstić information content (AvgIpc) is 2.34. The Morgan fingerprint density at radius 2 is 2.00 bits per heavy atom. The van der Waals surface area contributed by atoms with Gasteiger partial charge in [0, 0.05) is 17.7 Å². The topological polar surface area (TPSA) is 55.1 Å². The van der Waals surface area contributed by atoms with Gasteiger partial charge in [-0.2, -0.15) is 0 Å². The number of carbonyl (C=O) groups is 1. The Kier molecular flexibility index (Phi) is 5.99. The summed E-state index contributed by atoms with van der Waals surface area (Å²) in [5, 5.41) is 2.96. The van der Waals surface area contributed by atoms with Crippen LogP contribution in [0.1, 0.15) is 45.2 Å². The van der Waals surface area contributed by atoms with Gasteiger partial charge in [0.25, 0.3) is 0 Å². The summed E-state index contributed by atoms with van der Waals surface area (Å²) < 4.78 is 0. The number of nitrogens with one attached hydrogen (secondary N) is 1. The van der Waals surface area contributed by atoms with Gasteiger partial charge in [-0.1, -0.05) is 39.5 Å². The molecule has 21 heavy (non-hydrogen) atoms. The molecule has 1 amide bonds. The minimum atomic E-state index is 0.0424. The standard InChI is InChI=1S/C18H26N2O/c1-13-9-15(7-6-8-19)12-16(10-13)20-17(21)11-14(2)18(3,4)5/h9-10,12,14H,8,11,19H2,1-5H3,(H,20,21). The van der Waals surface area contributed by atoms with E-state index in [4.69, 9.17) is 5.73 Å². The molecule has 3 N–H and O–H groups in total. The Morgan fingerprint density at radius 3 is 2.57 bits per heavy atom. The first-order valence-electron chi connectivity index (χ1n) is 7.33. The normalized spacial score (nSPS) is 12.3. The molecule has 0 radical (unpaired) electrons.